The molecule has 150 valence electrons. The van der Waals surface area contributed by atoms with Crippen molar-refractivity contribution in [1.29, 1.82) is 0 Å². The van der Waals surface area contributed by atoms with E-state index in [4.69, 9.17) is 0 Å². The predicted octanol–water partition coefficient (Wildman–Crippen LogP) is 4.87. The number of hydrogen-bond acceptors (Lipinski definition) is 5. The van der Waals surface area contributed by atoms with Crippen LogP contribution in [0.25, 0.3) is 0 Å². The Balaban J connectivity index is 1.74. The van der Waals surface area contributed by atoms with Crippen molar-refractivity contribution >= 4 is 21.5 Å². The van der Waals surface area contributed by atoms with Crippen molar-refractivity contribution in [2.75, 3.05) is 5.32 Å². The van der Waals surface area contributed by atoms with Crippen molar-refractivity contribution in [3.05, 3.63) is 46.9 Å². The Morgan fingerprint density at radius 2 is 1.86 bits per heavy atom. The standard InChI is InChI=1S/C18H16F4N2O3S/c1-9-6-12(4-5-13(9)19)24-14-8-23-17(27-28(25,26)18(20,21)22)16-11-3-2-10(7-11)15(14)16/h4-6,8,10-11,24H,2-3,7H2,1H3. The average Bonchev–Trinajstić information content (AvgIpc) is 3.21. The lowest BCUT2D eigenvalue weighted by Crippen LogP contribution is -2.29. The first-order valence-corrected chi connectivity index (χ1v) is 10.0. The number of hydrogen-bond donors (Lipinski definition) is 1. The van der Waals surface area contributed by atoms with E-state index in [0.717, 1.165) is 18.4 Å². The molecule has 1 heterocycles. The van der Waals surface area contributed by atoms with Gasteiger partial charge in [0.2, 0.25) is 5.88 Å². The van der Waals surface area contributed by atoms with Crippen LogP contribution in [0.2, 0.25) is 0 Å². The van der Waals surface area contributed by atoms with E-state index in [1.165, 1.54) is 12.3 Å². The highest BCUT2D eigenvalue weighted by Gasteiger charge is 2.50. The van der Waals surface area contributed by atoms with Crippen molar-refractivity contribution in [3.63, 3.8) is 0 Å². The lowest BCUT2D eigenvalue weighted by Gasteiger charge is -2.22. The first kappa shape index (κ1) is 19.0. The van der Waals surface area contributed by atoms with Gasteiger partial charge in [0.05, 0.1) is 11.9 Å². The van der Waals surface area contributed by atoms with E-state index in [1.54, 1.807) is 19.1 Å². The molecule has 0 aliphatic heterocycles. The summed E-state index contributed by atoms with van der Waals surface area (Å²) in [6.07, 6.45) is 3.56. The third-order valence-corrected chi connectivity index (χ3v) is 6.22. The molecule has 2 unspecified atom stereocenters. The quantitative estimate of drug-likeness (QED) is 0.438. The van der Waals surface area contributed by atoms with Gasteiger partial charge in [0, 0.05) is 11.3 Å². The van der Waals surface area contributed by atoms with Crippen LogP contribution in [0.1, 0.15) is 47.8 Å². The van der Waals surface area contributed by atoms with Crippen LogP contribution in [0.15, 0.2) is 24.4 Å². The van der Waals surface area contributed by atoms with Gasteiger partial charge >= 0.3 is 15.6 Å². The Kier molecular flexibility index (Phi) is 4.29. The molecule has 0 radical (unpaired) electrons. The van der Waals surface area contributed by atoms with Gasteiger partial charge in [-0.15, -0.1) is 0 Å². The monoisotopic (exact) mass is 416 g/mol. The van der Waals surface area contributed by atoms with Crippen molar-refractivity contribution < 1.29 is 30.2 Å². The molecule has 2 aromatic rings. The summed E-state index contributed by atoms with van der Waals surface area (Å²) in [7, 11) is -5.80. The molecule has 2 atom stereocenters. The molecule has 4 rings (SSSR count). The lowest BCUT2D eigenvalue weighted by molar-refractivity contribution is -0.0501. The van der Waals surface area contributed by atoms with Crippen LogP contribution in [0, 0.1) is 12.7 Å². The number of benzene rings is 1. The van der Waals surface area contributed by atoms with E-state index >= 15 is 0 Å². The molecule has 28 heavy (non-hydrogen) atoms. The number of aryl methyl sites for hydroxylation is 1. The first-order valence-electron chi connectivity index (χ1n) is 8.63. The second-order valence-electron chi connectivity index (χ2n) is 7.08. The molecule has 1 N–H and O–H groups in total. The number of halogens is 4. The van der Waals surface area contributed by atoms with Crippen molar-refractivity contribution in [3.8, 4) is 5.88 Å². The van der Waals surface area contributed by atoms with Crippen LogP contribution < -0.4 is 9.50 Å². The zero-order valence-corrected chi connectivity index (χ0v) is 15.5. The minimum Gasteiger partial charge on any atom is -0.355 e. The molecule has 0 spiro atoms. The second kappa shape index (κ2) is 6.33. The van der Waals surface area contributed by atoms with Gasteiger partial charge in [-0.1, -0.05) is 0 Å². The smallest absolute Gasteiger partial charge is 0.355 e. The fourth-order valence-electron chi connectivity index (χ4n) is 4.06. The molecular weight excluding hydrogens is 400 g/mol. The van der Waals surface area contributed by atoms with Gasteiger partial charge in [0.15, 0.2) is 0 Å². The third kappa shape index (κ3) is 3.09. The Morgan fingerprint density at radius 3 is 2.50 bits per heavy atom. The highest BCUT2D eigenvalue weighted by molar-refractivity contribution is 7.87. The van der Waals surface area contributed by atoms with Gasteiger partial charge in [-0.05, 0) is 67.3 Å². The van der Waals surface area contributed by atoms with E-state index in [1.807, 2.05) is 0 Å². The maximum absolute atomic E-state index is 13.5. The van der Waals surface area contributed by atoms with Gasteiger partial charge in [0.1, 0.15) is 5.82 Å². The van der Waals surface area contributed by atoms with Crippen molar-refractivity contribution in [1.82, 2.24) is 4.98 Å². The summed E-state index contributed by atoms with van der Waals surface area (Å²) in [5.41, 5.74) is -2.80. The van der Waals surface area contributed by atoms with Gasteiger partial charge in [-0.25, -0.2) is 9.37 Å². The summed E-state index contributed by atoms with van der Waals surface area (Å²) in [6, 6.07) is 4.46. The fraction of sp³-hybridized carbons (Fsp3) is 0.389. The van der Waals surface area contributed by atoms with Crippen molar-refractivity contribution in [2.45, 2.75) is 43.5 Å². The summed E-state index contributed by atoms with van der Waals surface area (Å²) in [6.45, 7) is 1.62. The highest BCUT2D eigenvalue weighted by atomic mass is 32.2. The lowest BCUT2D eigenvalue weighted by atomic mass is 9.91. The van der Waals surface area contributed by atoms with Crippen LogP contribution in [0.5, 0.6) is 5.88 Å². The van der Waals surface area contributed by atoms with Crippen LogP contribution >= 0.6 is 0 Å². The molecule has 0 amide bonds. The van der Waals surface area contributed by atoms with Gasteiger partial charge in [-0.3, -0.25) is 0 Å². The summed E-state index contributed by atoms with van der Waals surface area (Å²) >= 11 is 0. The number of rotatable bonds is 4. The van der Waals surface area contributed by atoms with Crippen LogP contribution in [0.4, 0.5) is 28.9 Å². The van der Waals surface area contributed by atoms with Gasteiger partial charge < -0.3 is 9.50 Å². The van der Waals surface area contributed by atoms with E-state index in [-0.39, 0.29) is 17.7 Å². The molecule has 1 aromatic carbocycles. The van der Waals surface area contributed by atoms with E-state index in [2.05, 4.69) is 14.5 Å². The molecule has 5 nitrogen and oxygen atoms in total. The molecule has 2 aliphatic rings. The Hall–Kier alpha value is -2.36. The molecule has 1 aromatic heterocycles. The number of anilines is 2. The minimum absolute atomic E-state index is 0.0861. The maximum Gasteiger partial charge on any atom is 0.534 e. The first-order chi connectivity index (χ1) is 13.1. The molecular formula is C18H16F4N2O3S. The zero-order valence-electron chi connectivity index (χ0n) is 14.7. The molecule has 0 saturated heterocycles. The Labute approximate surface area is 158 Å². The number of pyridine rings is 1. The third-order valence-electron chi connectivity index (χ3n) is 5.28. The predicted molar refractivity (Wildman–Crippen MR) is 93.6 cm³/mol. The molecule has 1 saturated carbocycles. The summed E-state index contributed by atoms with van der Waals surface area (Å²) < 4.78 is 78.8. The Bertz CT molecular complexity index is 1050. The minimum atomic E-state index is -5.80. The molecule has 2 bridgehead atoms. The maximum atomic E-state index is 13.5. The fourth-order valence-corrected chi connectivity index (χ4v) is 4.49. The molecule has 10 heteroatoms. The largest absolute Gasteiger partial charge is 0.534 e. The number of nitrogens with one attached hydrogen (secondary N) is 1. The number of fused-ring (bicyclic) bond motifs is 5. The zero-order chi connectivity index (χ0) is 20.3. The van der Waals surface area contributed by atoms with Crippen LogP contribution in [-0.4, -0.2) is 18.9 Å². The van der Waals surface area contributed by atoms with E-state index < -0.39 is 21.5 Å². The normalized spacial score (nSPS) is 20.9. The summed E-state index contributed by atoms with van der Waals surface area (Å²) in [5, 5.41) is 3.12. The summed E-state index contributed by atoms with van der Waals surface area (Å²) in [4.78, 5) is 3.87. The highest BCUT2D eigenvalue weighted by Crippen LogP contribution is 2.58. The van der Waals surface area contributed by atoms with Crippen LogP contribution in [0.3, 0.4) is 0 Å². The van der Waals surface area contributed by atoms with E-state index in [9.17, 15) is 26.0 Å². The van der Waals surface area contributed by atoms with Gasteiger partial charge in [0.25, 0.3) is 0 Å². The van der Waals surface area contributed by atoms with E-state index in [0.29, 0.717) is 28.9 Å². The number of alkyl halides is 3. The topological polar surface area (TPSA) is 68.3 Å². The Morgan fingerprint density at radius 1 is 1.18 bits per heavy atom. The molecule has 1 fully saturated rings. The summed E-state index contributed by atoms with van der Waals surface area (Å²) in [5.74, 6) is -0.875. The average molecular weight is 416 g/mol. The molecule has 2 aliphatic carbocycles. The second-order valence-corrected chi connectivity index (χ2v) is 8.62. The van der Waals surface area contributed by atoms with Crippen molar-refractivity contribution in [2.24, 2.45) is 0 Å². The number of nitrogens with zero attached hydrogens (tertiary/aromatic N) is 1. The van der Waals surface area contributed by atoms with Crippen LogP contribution in [-0.2, 0) is 10.1 Å². The number of aromatic nitrogens is 1. The SMILES string of the molecule is Cc1cc(Nc2cnc(OS(=O)(=O)C(F)(F)F)c3c2C2CCC3C2)ccc1F. The van der Waals surface area contributed by atoms with Gasteiger partial charge in [-0.2, -0.15) is 21.6 Å².